The van der Waals surface area contributed by atoms with Crippen LogP contribution in [-0.4, -0.2) is 11.7 Å². The average molecular weight is 205 g/mol. The van der Waals surface area contributed by atoms with Crippen LogP contribution < -0.4 is 5.73 Å². The monoisotopic (exact) mass is 205 g/mol. The Hall–Kier alpha value is -1.07. The van der Waals surface area contributed by atoms with E-state index in [1.165, 1.54) is 12.1 Å². The van der Waals surface area contributed by atoms with Crippen molar-refractivity contribution in [1.29, 1.82) is 0 Å². The van der Waals surface area contributed by atoms with E-state index in [4.69, 9.17) is 10.8 Å². The Morgan fingerprint density at radius 3 is 2.36 bits per heavy atom. The zero-order valence-corrected chi connectivity index (χ0v) is 7.25. The maximum absolute atomic E-state index is 13.3. The number of alkyl halides is 2. The van der Waals surface area contributed by atoms with E-state index >= 15 is 0 Å². The number of hydrogen-bond donors (Lipinski definition) is 2. The van der Waals surface area contributed by atoms with E-state index in [1.807, 2.05) is 0 Å². The number of aliphatic hydroxyl groups excluding tert-OH is 1. The summed E-state index contributed by atoms with van der Waals surface area (Å²) in [5, 5.41) is 8.66. The van der Waals surface area contributed by atoms with Gasteiger partial charge in [0.05, 0.1) is 18.2 Å². The van der Waals surface area contributed by atoms with Crippen LogP contribution in [0.4, 0.5) is 13.2 Å². The summed E-state index contributed by atoms with van der Waals surface area (Å²) in [6, 6.07) is 2.60. The van der Waals surface area contributed by atoms with E-state index in [2.05, 4.69) is 0 Å². The summed E-state index contributed by atoms with van der Waals surface area (Å²) in [5.41, 5.74) is 4.55. The van der Waals surface area contributed by atoms with Gasteiger partial charge in [0.1, 0.15) is 5.82 Å². The summed E-state index contributed by atoms with van der Waals surface area (Å²) < 4.78 is 37.8. The first-order valence-corrected chi connectivity index (χ1v) is 4.00. The van der Waals surface area contributed by atoms with E-state index < -0.39 is 30.5 Å². The fourth-order valence-corrected chi connectivity index (χ4v) is 1.12. The quantitative estimate of drug-likeness (QED) is 0.789. The van der Waals surface area contributed by atoms with Gasteiger partial charge < -0.3 is 10.8 Å². The lowest BCUT2D eigenvalue weighted by Gasteiger charge is -2.12. The molecule has 14 heavy (non-hydrogen) atoms. The highest BCUT2D eigenvalue weighted by Gasteiger charge is 2.18. The van der Waals surface area contributed by atoms with Gasteiger partial charge in [-0.2, -0.15) is 0 Å². The van der Waals surface area contributed by atoms with Gasteiger partial charge in [0.2, 0.25) is 0 Å². The van der Waals surface area contributed by atoms with Crippen LogP contribution in [0.3, 0.4) is 0 Å². The molecule has 1 atom stereocenters. The maximum atomic E-state index is 13.3. The minimum absolute atomic E-state index is 0.0923. The summed E-state index contributed by atoms with van der Waals surface area (Å²) in [6.07, 6.45) is -2.87. The van der Waals surface area contributed by atoms with Gasteiger partial charge in [-0.3, -0.25) is 0 Å². The molecule has 1 unspecified atom stereocenters. The van der Waals surface area contributed by atoms with E-state index in [9.17, 15) is 13.2 Å². The van der Waals surface area contributed by atoms with Crippen LogP contribution in [0.2, 0.25) is 0 Å². The molecule has 0 spiro atoms. The first-order chi connectivity index (χ1) is 6.57. The second kappa shape index (κ2) is 4.43. The third-order valence-electron chi connectivity index (χ3n) is 1.89. The highest BCUT2D eigenvalue weighted by molar-refractivity contribution is 5.29. The largest absolute Gasteiger partial charge is 0.394 e. The third kappa shape index (κ3) is 2.05. The Balaban J connectivity index is 3.13. The molecule has 0 aliphatic heterocycles. The van der Waals surface area contributed by atoms with E-state index in [1.54, 1.807) is 0 Å². The van der Waals surface area contributed by atoms with Crippen molar-refractivity contribution < 1.29 is 18.3 Å². The summed E-state index contributed by atoms with van der Waals surface area (Å²) in [6.45, 7) is -0.483. The van der Waals surface area contributed by atoms with Crippen LogP contribution in [-0.2, 0) is 0 Å². The molecule has 1 aromatic rings. The Kier molecular flexibility index (Phi) is 3.49. The highest BCUT2D eigenvalue weighted by atomic mass is 19.3. The van der Waals surface area contributed by atoms with E-state index in [0.29, 0.717) is 0 Å². The molecule has 0 radical (unpaired) electrons. The molecule has 0 bridgehead atoms. The van der Waals surface area contributed by atoms with Crippen LogP contribution in [0.15, 0.2) is 18.2 Å². The van der Waals surface area contributed by atoms with Gasteiger partial charge in [-0.05, 0) is 0 Å². The highest BCUT2D eigenvalue weighted by Crippen LogP contribution is 2.26. The average Bonchev–Trinajstić information content (AvgIpc) is 2.16. The molecule has 1 rings (SSSR count). The van der Waals surface area contributed by atoms with Crippen molar-refractivity contribution in [2.45, 2.75) is 12.5 Å². The Morgan fingerprint density at radius 1 is 1.29 bits per heavy atom. The molecular formula is C9H10F3NO. The molecule has 0 saturated heterocycles. The minimum Gasteiger partial charge on any atom is -0.394 e. The van der Waals surface area contributed by atoms with Crippen LogP contribution >= 0.6 is 0 Å². The first kappa shape index (κ1) is 11.0. The molecule has 78 valence electrons. The number of nitrogens with two attached hydrogens (primary N) is 1. The van der Waals surface area contributed by atoms with Crippen molar-refractivity contribution >= 4 is 0 Å². The number of benzene rings is 1. The fourth-order valence-electron chi connectivity index (χ4n) is 1.12. The van der Waals surface area contributed by atoms with Gasteiger partial charge in [0, 0.05) is 5.56 Å². The second-order valence-electron chi connectivity index (χ2n) is 2.84. The van der Waals surface area contributed by atoms with Crippen molar-refractivity contribution in [3.05, 3.63) is 35.1 Å². The third-order valence-corrected chi connectivity index (χ3v) is 1.89. The van der Waals surface area contributed by atoms with Gasteiger partial charge in [-0.1, -0.05) is 18.2 Å². The lowest BCUT2D eigenvalue weighted by Crippen LogP contribution is -2.16. The standard InChI is InChI=1S/C9H10F3NO/c10-8-5(7(13)4-14)2-1-3-6(8)9(11)12/h1-3,7,9,14H,4,13H2. The topological polar surface area (TPSA) is 46.2 Å². The predicted octanol–water partition coefficient (Wildman–Crippen LogP) is 1.76. The molecule has 5 heteroatoms. The van der Waals surface area contributed by atoms with Crippen LogP contribution in [0, 0.1) is 5.82 Å². The zero-order valence-electron chi connectivity index (χ0n) is 7.25. The molecule has 0 aromatic heterocycles. The van der Waals surface area contributed by atoms with Crippen molar-refractivity contribution in [3.8, 4) is 0 Å². The molecule has 0 fully saturated rings. The lowest BCUT2D eigenvalue weighted by atomic mass is 10.0. The molecule has 3 N–H and O–H groups in total. The SMILES string of the molecule is NC(CO)c1cccc(C(F)F)c1F. The Labute approximate surface area is 79.2 Å². The maximum Gasteiger partial charge on any atom is 0.266 e. The summed E-state index contributed by atoms with van der Waals surface area (Å²) in [7, 11) is 0. The molecule has 1 aromatic carbocycles. The molecule has 0 aliphatic carbocycles. The van der Waals surface area contributed by atoms with Crippen molar-refractivity contribution in [2.24, 2.45) is 5.73 Å². The van der Waals surface area contributed by atoms with E-state index in [-0.39, 0.29) is 5.56 Å². The van der Waals surface area contributed by atoms with Gasteiger partial charge in [-0.15, -0.1) is 0 Å². The molecule has 0 amide bonds. The fraction of sp³-hybridized carbons (Fsp3) is 0.333. The van der Waals surface area contributed by atoms with Gasteiger partial charge in [0.15, 0.2) is 0 Å². The Morgan fingerprint density at radius 2 is 1.86 bits per heavy atom. The summed E-state index contributed by atoms with van der Waals surface area (Å²) in [5.74, 6) is -1.04. The van der Waals surface area contributed by atoms with Crippen molar-refractivity contribution in [3.63, 3.8) is 0 Å². The molecule has 0 saturated carbocycles. The normalized spacial score (nSPS) is 13.3. The van der Waals surface area contributed by atoms with Crippen LogP contribution in [0.1, 0.15) is 23.6 Å². The van der Waals surface area contributed by atoms with Crippen molar-refractivity contribution in [1.82, 2.24) is 0 Å². The molecule has 0 heterocycles. The predicted molar refractivity (Wildman–Crippen MR) is 45.4 cm³/mol. The van der Waals surface area contributed by atoms with Gasteiger partial charge in [0.25, 0.3) is 6.43 Å². The second-order valence-corrected chi connectivity index (χ2v) is 2.84. The molecule has 0 aliphatic rings. The smallest absolute Gasteiger partial charge is 0.266 e. The molecule has 2 nitrogen and oxygen atoms in total. The first-order valence-electron chi connectivity index (χ1n) is 4.00. The van der Waals surface area contributed by atoms with Crippen LogP contribution in [0.5, 0.6) is 0 Å². The number of hydrogen-bond acceptors (Lipinski definition) is 2. The van der Waals surface area contributed by atoms with E-state index in [0.717, 1.165) is 6.07 Å². The number of halogens is 3. The lowest BCUT2D eigenvalue weighted by molar-refractivity contribution is 0.145. The van der Waals surface area contributed by atoms with Crippen molar-refractivity contribution in [2.75, 3.05) is 6.61 Å². The van der Waals surface area contributed by atoms with Crippen LogP contribution in [0.25, 0.3) is 0 Å². The Bertz CT molecular complexity index is 317. The minimum atomic E-state index is -2.87. The van der Waals surface area contributed by atoms with Gasteiger partial charge in [-0.25, -0.2) is 13.2 Å². The summed E-state index contributed by atoms with van der Waals surface area (Å²) >= 11 is 0. The number of aliphatic hydroxyl groups is 1. The zero-order chi connectivity index (χ0) is 10.7. The molecular weight excluding hydrogens is 195 g/mol. The number of rotatable bonds is 3. The van der Waals surface area contributed by atoms with Gasteiger partial charge >= 0.3 is 0 Å². The summed E-state index contributed by atoms with van der Waals surface area (Å²) in [4.78, 5) is 0.